The molecule has 0 atom stereocenters. The lowest BCUT2D eigenvalue weighted by molar-refractivity contribution is 0.0955. The van der Waals surface area contributed by atoms with Crippen molar-refractivity contribution in [3.63, 3.8) is 0 Å². The molecule has 1 amide bonds. The van der Waals surface area contributed by atoms with E-state index in [-0.39, 0.29) is 5.91 Å². The van der Waals surface area contributed by atoms with E-state index in [2.05, 4.69) is 17.2 Å². The highest BCUT2D eigenvalue weighted by Gasteiger charge is 2.07. The van der Waals surface area contributed by atoms with E-state index in [1.165, 1.54) is 11.3 Å². The van der Waals surface area contributed by atoms with Crippen molar-refractivity contribution < 1.29 is 4.79 Å². The van der Waals surface area contributed by atoms with E-state index in [1.807, 2.05) is 24.3 Å². The summed E-state index contributed by atoms with van der Waals surface area (Å²) >= 11 is 7.06. The van der Waals surface area contributed by atoms with Crippen LogP contribution >= 0.6 is 22.9 Å². The van der Waals surface area contributed by atoms with Crippen LogP contribution in [0.5, 0.6) is 0 Å². The van der Waals surface area contributed by atoms with Gasteiger partial charge in [-0.05, 0) is 29.8 Å². The van der Waals surface area contributed by atoms with Gasteiger partial charge in [0.1, 0.15) is 0 Å². The topological polar surface area (TPSA) is 55.1 Å². The number of hydrogen-bond donors (Lipinski definition) is 2. The predicted octanol–water partition coefficient (Wildman–Crippen LogP) is 2.64. The highest BCUT2D eigenvalue weighted by molar-refractivity contribution is 7.17. The maximum absolute atomic E-state index is 11.8. The summed E-state index contributed by atoms with van der Waals surface area (Å²) in [5.41, 5.74) is 7.24. The fourth-order valence-electron chi connectivity index (χ4n) is 1.56. The van der Waals surface area contributed by atoms with E-state index in [1.54, 1.807) is 12.1 Å². The van der Waals surface area contributed by atoms with Crippen LogP contribution in [-0.2, 0) is 6.54 Å². The van der Waals surface area contributed by atoms with Gasteiger partial charge in [-0.2, -0.15) is 0 Å². The lowest BCUT2D eigenvalue weighted by atomic mass is 10.1. The molecule has 0 saturated heterocycles. The highest BCUT2D eigenvalue weighted by atomic mass is 35.5. The predicted molar refractivity (Wildman–Crippen MR) is 82.9 cm³/mol. The van der Waals surface area contributed by atoms with Crippen molar-refractivity contribution in [2.24, 2.45) is 5.73 Å². The monoisotopic (exact) mass is 304 g/mol. The number of rotatable bonds is 3. The first-order chi connectivity index (χ1) is 9.69. The van der Waals surface area contributed by atoms with E-state index >= 15 is 0 Å². The third-order valence-electron chi connectivity index (χ3n) is 2.54. The van der Waals surface area contributed by atoms with Gasteiger partial charge in [-0.25, -0.2) is 0 Å². The van der Waals surface area contributed by atoms with Crippen molar-refractivity contribution in [3.8, 4) is 11.8 Å². The molecular formula is C15H13ClN2OS. The van der Waals surface area contributed by atoms with Crippen LogP contribution in [0.1, 0.15) is 20.8 Å². The fraction of sp³-hybridized carbons (Fsp3) is 0.133. The molecule has 0 aliphatic heterocycles. The second-order valence-corrected chi connectivity index (χ2v) is 5.70. The summed E-state index contributed by atoms with van der Waals surface area (Å²) in [6.07, 6.45) is 0. The van der Waals surface area contributed by atoms with Crippen LogP contribution in [-0.4, -0.2) is 12.5 Å². The van der Waals surface area contributed by atoms with Crippen LogP contribution in [0.4, 0.5) is 0 Å². The largest absolute Gasteiger partial charge is 0.347 e. The van der Waals surface area contributed by atoms with E-state index < -0.39 is 0 Å². The molecule has 0 aliphatic carbocycles. The SMILES string of the molecule is NCC#Cc1ccc(CNC(=O)c2ccc(Cl)s2)cc1. The van der Waals surface area contributed by atoms with Gasteiger partial charge in [-0.1, -0.05) is 35.6 Å². The first-order valence-corrected chi connectivity index (χ1v) is 7.20. The van der Waals surface area contributed by atoms with Crippen molar-refractivity contribution >= 4 is 28.8 Å². The fourth-order valence-corrected chi connectivity index (χ4v) is 2.52. The average Bonchev–Trinajstić information content (AvgIpc) is 2.90. The summed E-state index contributed by atoms with van der Waals surface area (Å²) in [6, 6.07) is 11.1. The Bertz CT molecular complexity index is 653. The summed E-state index contributed by atoms with van der Waals surface area (Å²) < 4.78 is 0.609. The quantitative estimate of drug-likeness (QED) is 0.857. The molecule has 0 saturated carbocycles. The van der Waals surface area contributed by atoms with Crippen molar-refractivity contribution in [3.05, 3.63) is 56.7 Å². The molecule has 3 nitrogen and oxygen atoms in total. The number of amides is 1. The van der Waals surface area contributed by atoms with Crippen LogP contribution in [0.15, 0.2) is 36.4 Å². The summed E-state index contributed by atoms with van der Waals surface area (Å²) in [5, 5.41) is 2.85. The molecular weight excluding hydrogens is 292 g/mol. The molecule has 3 N–H and O–H groups in total. The normalized spacial score (nSPS) is 9.70. The molecule has 1 heterocycles. The number of halogens is 1. The van der Waals surface area contributed by atoms with Gasteiger partial charge in [0.2, 0.25) is 0 Å². The summed E-state index contributed by atoms with van der Waals surface area (Å²) in [5.74, 6) is 5.63. The highest BCUT2D eigenvalue weighted by Crippen LogP contribution is 2.21. The van der Waals surface area contributed by atoms with E-state index in [4.69, 9.17) is 17.3 Å². The molecule has 5 heteroatoms. The molecule has 2 rings (SSSR count). The molecule has 0 fully saturated rings. The van der Waals surface area contributed by atoms with Crippen molar-refractivity contribution in [1.29, 1.82) is 0 Å². The van der Waals surface area contributed by atoms with Gasteiger partial charge in [0.25, 0.3) is 5.91 Å². The van der Waals surface area contributed by atoms with Crippen LogP contribution in [0, 0.1) is 11.8 Å². The third kappa shape index (κ3) is 4.10. The zero-order valence-electron chi connectivity index (χ0n) is 10.7. The molecule has 1 aromatic carbocycles. The van der Waals surface area contributed by atoms with Gasteiger partial charge >= 0.3 is 0 Å². The molecule has 1 aromatic heterocycles. The van der Waals surface area contributed by atoms with Crippen LogP contribution in [0.3, 0.4) is 0 Å². The van der Waals surface area contributed by atoms with Gasteiger partial charge in [-0.3, -0.25) is 4.79 Å². The number of hydrogen-bond acceptors (Lipinski definition) is 3. The van der Waals surface area contributed by atoms with Gasteiger partial charge in [0.05, 0.1) is 15.8 Å². The number of carbonyl (C=O) groups excluding carboxylic acids is 1. The molecule has 0 radical (unpaired) electrons. The smallest absolute Gasteiger partial charge is 0.261 e. The van der Waals surface area contributed by atoms with E-state index in [0.717, 1.165) is 11.1 Å². The second-order valence-electron chi connectivity index (χ2n) is 3.99. The van der Waals surface area contributed by atoms with Gasteiger partial charge in [0.15, 0.2) is 0 Å². The lowest BCUT2D eigenvalue weighted by Crippen LogP contribution is -2.21. The zero-order chi connectivity index (χ0) is 14.4. The Balaban J connectivity index is 1.92. The van der Waals surface area contributed by atoms with E-state index in [0.29, 0.717) is 22.3 Å². The minimum Gasteiger partial charge on any atom is -0.347 e. The number of nitrogens with one attached hydrogen (secondary N) is 1. The average molecular weight is 305 g/mol. The summed E-state index contributed by atoms with van der Waals surface area (Å²) in [6.45, 7) is 0.820. The molecule has 0 aliphatic rings. The Morgan fingerprint density at radius 3 is 2.60 bits per heavy atom. The third-order valence-corrected chi connectivity index (χ3v) is 3.77. The number of nitrogens with two attached hydrogens (primary N) is 1. The first kappa shape index (κ1) is 14.6. The molecule has 0 unspecified atom stereocenters. The maximum atomic E-state index is 11.8. The Kier molecular flexibility index (Phi) is 5.19. The Morgan fingerprint density at radius 1 is 1.25 bits per heavy atom. The zero-order valence-corrected chi connectivity index (χ0v) is 12.2. The minimum absolute atomic E-state index is 0.117. The Labute approximate surface area is 126 Å². The standard InChI is InChI=1S/C15H13ClN2OS/c16-14-8-7-13(20-14)15(19)18-10-12-5-3-11(4-6-12)2-1-9-17/h3-8H,9-10,17H2,(H,18,19). The van der Waals surface area contributed by atoms with E-state index in [9.17, 15) is 4.79 Å². The van der Waals surface area contributed by atoms with Crippen molar-refractivity contribution in [1.82, 2.24) is 5.32 Å². The molecule has 102 valence electrons. The van der Waals surface area contributed by atoms with Crippen LogP contribution in [0.2, 0.25) is 4.34 Å². The van der Waals surface area contributed by atoms with Crippen molar-refractivity contribution in [2.75, 3.05) is 6.54 Å². The number of carbonyl (C=O) groups is 1. The summed E-state index contributed by atoms with van der Waals surface area (Å²) in [7, 11) is 0. The van der Waals surface area contributed by atoms with Crippen LogP contribution in [0.25, 0.3) is 0 Å². The number of benzene rings is 1. The second kappa shape index (κ2) is 7.11. The Hall–Kier alpha value is -1.80. The Morgan fingerprint density at radius 2 is 2.00 bits per heavy atom. The first-order valence-electron chi connectivity index (χ1n) is 6.00. The lowest BCUT2D eigenvalue weighted by Gasteiger charge is -2.03. The van der Waals surface area contributed by atoms with Crippen LogP contribution < -0.4 is 11.1 Å². The van der Waals surface area contributed by atoms with Gasteiger partial charge in [0, 0.05) is 12.1 Å². The molecule has 20 heavy (non-hydrogen) atoms. The molecule has 2 aromatic rings. The molecule has 0 bridgehead atoms. The summed E-state index contributed by atoms with van der Waals surface area (Å²) in [4.78, 5) is 12.5. The minimum atomic E-state index is -0.117. The van der Waals surface area contributed by atoms with Gasteiger partial charge in [-0.15, -0.1) is 11.3 Å². The van der Waals surface area contributed by atoms with Crippen molar-refractivity contribution in [2.45, 2.75) is 6.54 Å². The van der Waals surface area contributed by atoms with Gasteiger partial charge < -0.3 is 11.1 Å². The molecule has 0 spiro atoms. The number of thiophene rings is 1. The maximum Gasteiger partial charge on any atom is 0.261 e.